The number of nitrogens with one attached hydrogen (secondary N) is 1. The van der Waals surface area contributed by atoms with E-state index in [1.807, 2.05) is 6.08 Å². The van der Waals surface area contributed by atoms with E-state index in [4.69, 9.17) is 4.74 Å². The predicted molar refractivity (Wildman–Crippen MR) is 292 cm³/mol. The molecule has 67 heavy (non-hydrogen) atoms. The number of esters is 1. The largest absolute Gasteiger partial charge is 0.466 e. The van der Waals surface area contributed by atoms with Gasteiger partial charge in [0.05, 0.1) is 25.4 Å². The number of unbranched alkanes of at least 4 members (excludes halogenated alkanes) is 40. The lowest BCUT2D eigenvalue weighted by Gasteiger charge is -2.20. The number of hydrogen-bond donors (Lipinski definition) is 3. The summed E-state index contributed by atoms with van der Waals surface area (Å²) in [5.41, 5.74) is 0. The molecule has 1 amide bonds. The van der Waals surface area contributed by atoms with E-state index in [1.165, 1.54) is 225 Å². The predicted octanol–water partition coefficient (Wildman–Crippen LogP) is 18.4. The maximum Gasteiger partial charge on any atom is 0.305 e. The van der Waals surface area contributed by atoms with Crippen LogP contribution in [0, 0.1) is 0 Å². The van der Waals surface area contributed by atoms with Crippen molar-refractivity contribution in [3.63, 3.8) is 0 Å². The first-order chi connectivity index (χ1) is 33.0. The molecule has 0 aliphatic carbocycles. The van der Waals surface area contributed by atoms with E-state index in [0.717, 1.165) is 64.2 Å². The van der Waals surface area contributed by atoms with Gasteiger partial charge in [-0.05, 0) is 83.5 Å². The van der Waals surface area contributed by atoms with Crippen LogP contribution in [0.5, 0.6) is 0 Å². The van der Waals surface area contributed by atoms with E-state index in [0.29, 0.717) is 19.4 Å². The van der Waals surface area contributed by atoms with Crippen molar-refractivity contribution in [2.75, 3.05) is 13.2 Å². The van der Waals surface area contributed by atoms with Crippen molar-refractivity contribution in [3.05, 3.63) is 36.5 Å². The molecule has 0 fully saturated rings. The van der Waals surface area contributed by atoms with Gasteiger partial charge in [-0.2, -0.15) is 0 Å². The average molecular weight is 943 g/mol. The third kappa shape index (κ3) is 53.3. The molecule has 0 aliphatic heterocycles. The van der Waals surface area contributed by atoms with E-state index in [9.17, 15) is 19.8 Å². The first-order valence-corrected chi connectivity index (χ1v) is 29.8. The van der Waals surface area contributed by atoms with Gasteiger partial charge in [0.2, 0.25) is 5.91 Å². The van der Waals surface area contributed by atoms with Gasteiger partial charge in [0.25, 0.3) is 0 Å². The fourth-order valence-corrected chi connectivity index (χ4v) is 9.03. The molecule has 0 aromatic heterocycles. The highest BCUT2D eigenvalue weighted by atomic mass is 16.5. The number of hydrogen-bond acceptors (Lipinski definition) is 5. The van der Waals surface area contributed by atoms with Crippen LogP contribution in [-0.2, 0) is 14.3 Å². The summed E-state index contributed by atoms with van der Waals surface area (Å²) in [7, 11) is 0. The summed E-state index contributed by atoms with van der Waals surface area (Å²) in [5.74, 6) is -0.0971. The van der Waals surface area contributed by atoms with Gasteiger partial charge in [-0.15, -0.1) is 0 Å². The van der Waals surface area contributed by atoms with Crippen LogP contribution in [0.15, 0.2) is 36.5 Å². The fraction of sp³-hybridized carbons (Fsp3) is 0.869. The highest BCUT2D eigenvalue weighted by Gasteiger charge is 2.18. The Hall–Kier alpha value is -1.92. The van der Waals surface area contributed by atoms with Crippen LogP contribution in [0.2, 0.25) is 0 Å². The summed E-state index contributed by atoms with van der Waals surface area (Å²) < 4.78 is 5.45. The molecule has 0 spiro atoms. The Labute approximate surface area is 417 Å². The van der Waals surface area contributed by atoms with Crippen molar-refractivity contribution in [2.45, 2.75) is 328 Å². The van der Waals surface area contributed by atoms with Crippen LogP contribution in [0.3, 0.4) is 0 Å². The molecule has 0 aromatic rings. The van der Waals surface area contributed by atoms with E-state index in [-0.39, 0.29) is 18.5 Å². The second-order valence-electron chi connectivity index (χ2n) is 20.3. The minimum absolute atomic E-state index is 0.0139. The Kier molecular flexibility index (Phi) is 55.0. The lowest BCUT2D eigenvalue weighted by atomic mass is 10.0. The maximum atomic E-state index is 12.5. The van der Waals surface area contributed by atoms with Crippen LogP contribution in [0.1, 0.15) is 316 Å². The molecule has 394 valence electrons. The van der Waals surface area contributed by atoms with Crippen molar-refractivity contribution >= 4 is 11.9 Å². The second-order valence-corrected chi connectivity index (χ2v) is 20.3. The zero-order valence-corrected chi connectivity index (χ0v) is 44.9. The number of carbonyl (C=O) groups excluding carboxylic acids is 2. The Bertz CT molecular complexity index is 1090. The number of ether oxygens (including phenoxy) is 1. The number of aliphatic hydroxyl groups excluding tert-OH is 2. The van der Waals surface area contributed by atoms with Gasteiger partial charge in [-0.3, -0.25) is 9.59 Å². The maximum absolute atomic E-state index is 12.5. The normalized spacial score (nSPS) is 12.8. The average Bonchev–Trinajstić information content (AvgIpc) is 3.33. The molecular formula is C61H115NO5. The van der Waals surface area contributed by atoms with Gasteiger partial charge in [0.1, 0.15) is 0 Å². The standard InChI is InChI=1S/C61H115NO5/c1-3-5-7-9-11-13-15-17-18-19-20-21-22-23-24-27-30-33-37-41-45-49-53-59(64)58(57-63)62-60(65)54-50-46-42-38-34-31-28-25-26-29-32-36-40-44-48-52-56-67-61(66)55-51-47-43-39-35-16-14-12-10-8-6-4-2/h12,14,25,28,49,53,58-59,63-64H,3-11,13,15-24,26-27,29-48,50-52,54-57H2,1-2H3,(H,62,65)/b14-12-,28-25-,53-49+. The zero-order chi connectivity index (χ0) is 48.6. The summed E-state index contributed by atoms with van der Waals surface area (Å²) >= 11 is 0. The van der Waals surface area contributed by atoms with Gasteiger partial charge >= 0.3 is 5.97 Å². The first-order valence-electron chi connectivity index (χ1n) is 29.8. The summed E-state index contributed by atoms with van der Waals surface area (Å²) in [6, 6.07) is -0.641. The molecule has 2 unspecified atom stereocenters. The topological polar surface area (TPSA) is 95.9 Å². The number of rotatable bonds is 55. The van der Waals surface area contributed by atoms with Crippen LogP contribution < -0.4 is 5.32 Å². The van der Waals surface area contributed by atoms with E-state index in [1.54, 1.807) is 6.08 Å². The number of carbonyl (C=O) groups is 2. The molecule has 6 heteroatoms. The lowest BCUT2D eigenvalue weighted by molar-refractivity contribution is -0.143. The third-order valence-corrected chi connectivity index (χ3v) is 13.6. The third-order valence-electron chi connectivity index (χ3n) is 13.6. The molecule has 6 nitrogen and oxygen atoms in total. The van der Waals surface area contributed by atoms with Gasteiger partial charge in [-0.25, -0.2) is 0 Å². The molecule has 2 atom stereocenters. The van der Waals surface area contributed by atoms with Crippen molar-refractivity contribution in [2.24, 2.45) is 0 Å². The van der Waals surface area contributed by atoms with Gasteiger partial charge in [-0.1, -0.05) is 256 Å². The molecular weight excluding hydrogens is 827 g/mol. The summed E-state index contributed by atoms with van der Waals surface area (Å²) in [6.07, 6.45) is 70.3. The Morgan fingerprint density at radius 3 is 1.09 bits per heavy atom. The lowest BCUT2D eigenvalue weighted by Crippen LogP contribution is -2.45. The number of aliphatic hydroxyl groups is 2. The number of amides is 1. The SMILES string of the molecule is CCCCC/C=C\CCCCCCCC(=O)OCCCCCCCCC/C=C\CCCCCCCC(=O)NC(CO)C(O)/C=C/CCCCCCCCCCCCCCCCCCCCCC. The molecule has 0 aliphatic rings. The van der Waals surface area contributed by atoms with E-state index < -0.39 is 12.1 Å². The van der Waals surface area contributed by atoms with Crippen molar-refractivity contribution < 1.29 is 24.5 Å². The molecule has 0 aromatic carbocycles. The second kappa shape index (κ2) is 56.7. The van der Waals surface area contributed by atoms with E-state index in [2.05, 4.69) is 43.5 Å². The smallest absolute Gasteiger partial charge is 0.305 e. The molecule has 0 heterocycles. The van der Waals surface area contributed by atoms with Crippen LogP contribution in [0.25, 0.3) is 0 Å². The van der Waals surface area contributed by atoms with E-state index >= 15 is 0 Å². The van der Waals surface area contributed by atoms with Crippen molar-refractivity contribution in [3.8, 4) is 0 Å². The van der Waals surface area contributed by atoms with Crippen LogP contribution in [0.4, 0.5) is 0 Å². The zero-order valence-electron chi connectivity index (χ0n) is 44.9. The molecule has 0 bridgehead atoms. The minimum Gasteiger partial charge on any atom is -0.466 e. The molecule has 0 saturated heterocycles. The molecule has 3 N–H and O–H groups in total. The van der Waals surface area contributed by atoms with Gasteiger partial charge in [0.15, 0.2) is 0 Å². The number of allylic oxidation sites excluding steroid dienone is 5. The Balaban J connectivity index is 3.51. The summed E-state index contributed by atoms with van der Waals surface area (Å²) in [6.45, 7) is 4.87. The Morgan fingerprint density at radius 1 is 0.403 bits per heavy atom. The molecule has 0 rings (SSSR count). The quantitative estimate of drug-likeness (QED) is 0.0321. The van der Waals surface area contributed by atoms with Crippen LogP contribution >= 0.6 is 0 Å². The fourth-order valence-electron chi connectivity index (χ4n) is 9.03. The molecule has 0 saturated carbocycles. The monoisotopic (exact) mass is 942 g/mol. The summed E-state index contributed by atoms with van der Waals surface area (Å²) in [5, 5.41) is 23.2. The van der Waals surface area contributed by atoms with Crippen LogP contribution in [-0.4, -0.2) is 47.4 Å². The minimum atomic E-state index is -0.856. The highest BCUT2D eigenvalue weighted by molar-refractivity contribution is 5.76. The molecule has 0 radical (unpaired) electrons. The van der Waals surface area contributed by atoms with Crippen molar-refractivity contribution in [1.82, 2.24) is 5.32 Å². The Morgan fingerprint density at radius 2 is 0.701 bits per heavy atom. The first kappa shape index (κ1) is 65.1. The van der Waals surface area contributed by atoms with Crippen molar-refractivity contribution in [1.29, 1.82) is 0 Å². The van der Waals surface area contributed by atoms with Gasteiger partial charge < -0.3 is 20.3 Å². The van der Waals surface area contributed by atoms with Gasteiger partial charge in [0, 0.05) is 12.8 Å². The summed E-state index contributed by atoms with van der Waals surface area (Å²) in [4.78, 5) is 24.5. The highest BCUT2D eigenvalue weighted by Crippen LogP contribution is 2.17.